The molecular weight excluding hydrogens is 314 g/mol. The highest BCUT2D eigenvalue weighted by molar-refractivity contribution is 5.95. The SMILES string of the molecule is CCN(Cc1ccccc1)C(=O)c1cc([N+](=O)[O-])cc([N+](=O)[O-])c1. The highest BCUT2D eigenvalue weighted by Gasteiger charge is 2.22. The van der Waals surface area contributed by atoms with Crippen molar-refractivity contribution >= 4 is 17.3 Å². The Balaban J connectivity index is 2.35. The standard InChI is InChI=1S/C16H15N3O5/c1-2-17(11-12-6-4-3-5-7-12)16(20)13-8-14(18(21)22)10-15(9-13)19(23)24/h3-10H,2,11H2,1H3. The monoisotopic (exact) mass is 329 g/mol. The molecule has 0 saturated carbocycles. The summed E-state index contributed by atoms with van der Waals surface area (Å²) in [6.07, 6.45) is 0. The minimum absolute atomic E-state index is 0.0753. The van der Waals surface area contributed by atoms with Crippen LogP contribution in [-0.2, 0) is 6.54 Å². The van der Waals surface area contributed by atoms with E-state index in [1.807, 2.05) is 30.3 Å². The molecule has 2 aromatic rings. The van der Waals surface area contributed by atoms with E-state index < -0.39 is 27.1 Å². The number of benzene rings is 2. The van der Waals surface area contributed by atoms with Crippen LogP contribution >= 0.6 is 0 Å². The number of carbonyl (C=O) groups is 1. The van der Waals surface area contributed by atoms with Crippen LogP contribution < -0.4 is 0 Å². The zero-order valence-electron chi connectivity index (χ0n) is 12.9. The second-order valence-electron chi connectivity index (χ2n) is 5.06. The van der Waals surface area contributed by atoms with E-state index in [2.05, 4.69) is 0 Å². The third kappa shape index (κ3) is 3.92. The predicted octanol–water partition coefficient (Wildman–Crippen LogP) is 3.17. The van der Waals surface area contributed by atoms with Gasteiger partial charge in [-0.05, 0) is 12.5 Å². The Bertz CT molecular complexity index is 744. The van der Waals surface area contributed by atoms with Gasteiger partial charge in [-0.25, -0.2) is 0 Å². The molecule has 2 rings (SSSR count). The summed E-state index contributed by atoms with van der Waals surface area (Å²) in [5.74, 6) is -0.492. The maximum Gasteiger partial charge on any atom is 0.277 e. The highest BCUT2D eigenvalue weighted by atomic mass is 16.6. The molecule has 0 aliphatic rings. The van der Waals surface area contributed by atoms with Crippen molar-refractivity contribution in [1.82, 2.24) is 4.90 Å². The van der Waals surface area contributed by atoms with Crippen molar-refractivity contribution in [3.63, 3.8) is 0 Å². The smallest absolute Gasteiger partial charge is 0.277 e. The molecule has 2 aromatic carbocycles. The molecular formula is C16H15N3O5. The van der Waals surface area contributed by atoms with Crippen LogP contribution in [0.5, 0.6) is 0 Å². The normalized spacial score (nSPS) is 10.2. The first kappa shape index (κ1) is 17.1. The Morgan fingerprint density at radius 1 is 1.00 bits per heavy atom. The van der Waals surface area contributed by atoms with E-state index in [1.54, 1.807) is 6.92 Å². The highest BCUT2D eigenvalue weighted by Crippen LogP contribution is 2.24. The zero-order chi connectivity index (χ0) is 17.7. The maximum atomic E-state index is 12.6. The van der Waals surface area contributed by atoms with Gasteiger partial charge in [-0.3, -0.25) is 25.0 Å². The second-order valence-corrected chi connectivity index (χ2v) is 5.06. The molecule has 0 aromatic heterocycles. The Kier molecular flexibility index (Phi) is 5.20. The predicted molar refractivity (Wildman–Crippen MR) is 86.6 cm³/mol. The molecule has 24 heavy (non-hydrogen) atoms. The largest absolute Gasteiger partial charge is 0.335 e. The first-order valence-corrected chi connectivity index (χ1v) is 7.19. The summed E-state index contributed by atoms with van der Waals surface area (Å²) >= 11 is 0. The number of non-ortho nitro benzene ring substituents is 2. The number of hydrogen-bond donors (Lipinski definition) is 0. The summed E-state index contributed by atoms with van der Waals surface area (Å²) in [6, 6.07) is 12.2. The van der Waals surface area contributed by atoms with Crippen molar-refractivity contribution in [3.05, 3.63) is 79.9 Å². The van der Waals surface area contributed by atoms with Gasteiger partial charge in [0.1, 0.15) is 0 Å². The Hall–Kier alpha value is -3.29. The van der Waals surface area contributed by atoms with Gasteiger partial charge in [0.05, 0.1) is 21.5 Å². The molecule has 0 radical (unpaired) electrons. The molecule has 0 aliphatic carbocycles. The lowest BCUT2D eigenvalue weighted by molar-refractivity contribution is -0.394. The summed E-state index contributed by atoms with van der Waals surface area (Å²) in [5.41, 5.74) is -0.145. The fourth-order valence-corrected chi connectivity index (χ4v) is 2.24. The van der Waals surface area contributed by atoms with Crippen LogP contribution in [0, 0.1) is 20.2 Å². The fourth-order valence-electron chi connectivity index (χ4n) is 2.24. The molecule has 1 amide bonds. The number of carbonyl (C=O) groups excluding carboxylic acids is 1. The lowest BCUT2D eigenvalue weighted by Crippen LogP contribution is -2.30. The van der Waals surface area contributed by atoms with Crippen LogP contribution in [0.2, 0.25) is 0 Å². The van der Waals surface area contributed by atoms with Gasteiger partial charge in [-0.2, -0.15) is 0 Å². The Morgan fingerprint density at radius 2 is 1.54 bits per heavy atom. The van der Waals surface area contributed by atoms with E-state index >= 15 is 0 Å². The first-order valence-electron chi connectivity index (χ1n) is 7.19. The number of nitro benzene ring substituents is 2. The summed E-state index contributed by atoms with van der Waals surface area (Å²) in [7, 11) is 0. The van der Waals surface area contributed by atoms with Crippen molar-refractivity contribution in [3.8, 4) is 0 Å². The maximum absolute atomic E-state index is 12.6. The van der Waals surface area contributed by atoms with Gasteiger partial charge in [-0.15, -0.1) is 0 Å². The topological polar surface area (TPSA) is 107 Å². The van der Waals surface area contributed by atoms with E-state index in [0.29, 0.717) is 13.1 Å². The molecule has 0 spiro atoms. The van der Waals surface area contributed by atoms with Crippen molar-refractivity contribution in [1.29, 1.82) is 0 Å². The number of rotatable bonds is 6. The number of amides is 1. The molecule has 0 saturated heterocycles. The molecule has 124 valence electrons. The molecule has 0 fully saturated rings. The number of nitro groups is 2. The van der Waals surface area contributed by atoms with Crippen LogP contribution in [0.3, 0.4) is 0 Å². The van der Waals surface area contributed by atoms with Gasteiger partial charge in [0.25, 0.3) is 17.3 Å². The fraction of sp³-hybridized carbons (Fsp3) is 0.188. The number of nitrogens with zero attached hydrogens (tertiary/aromatic N) is 3. The molecule has 8 nitrogen and oxygen atoms in total. The summed E-state index contributed by atoms with van der Waals surface area (Å²) < 4.78 is 0. The minimum Gasteiger partial charge on any atom is -0.335 e. The molecule has 0 unspecified atom stereocenters. The third-order valence-electron chi connectivity index (χ3n) is 3.46. The van der Waals surface area contributed by atoms with Crippen molar-refractivity contribution in [2.75, 3.05) is 6.54 Å². The third-order valence-corrected chi connectivity index (χ3v) is 3.46. The van der Waals surface area contributed by atoms with Crippen LogP contribution in [0.1, 0.15) is 22.8 Å². The second kappa shape index (κ2) is 7.32. The Morgan fingerprint density at radius 3 is 2.00 bits per heavy atom. The van der Waals surface area contributed by atoms with E-state index in [-0.39, 0.29) is 5.56 Å². The minimum atomic E-state index is -0.753. The van der Waals surface area contributed by atoms with Crippen LogP contribution in [0.25, 0.3) is 0 Å². The van der Waals surface area contributed by atoms with Crippen LogP contribution in [0.4, 0.5) is 11.4 Å². The summed E-state index contributed by atoms with van der Waals surface area (Å²) in [6.45, 7) is 2.45. The summed E-state index contributed by atoms with van der Waals surface area (Å²) in [5, 5.41) is 21.9. The van der Waals surface area contributed by atoms with Crippen molar-refractivity contribution < 1.29 is 14.6 Å². The van der Waals surface area contributed by atoms with Gasteiger partial charge in [0.15, 0.2) is 0 Å². The molecule has 0 atom stereocenters. The van der Waals surface area contributed by atoms with E-state index in [0.717, 1.165) is 23.8 Å². The molecule has 0 N–H and O–H groups in total. The number of hydrogen-bond acceptors (Lipinski definition) is 5. The van der Waals surface area contributed by atoms with Crippen molar-refractivity contribution in [2.45, 2.75) is 13.5 Å². The lowest BCUT2D eigenvalue weighted by Gasteiger charge is -2.21. The Labute approximate surface area is 137 Å². The van der Waals surface area contributed by atoms with Gasteiger partial charge in [-0.1, -0.05) is 30.3 Å². The lowest BCUT2D eigenvalue weighted by atomic mass is 10.1. The average molecular weight is 329 g/mol. The molecule has 0 aliphatic heterocycles. The van der Waals surface area contributed by atoms with Gasteiger partial charge >= 0.3 is 0 Å². The van der Waals surface area contributed by atoms with Crippen LogP contribution in [-0.4, -0.2) is 27.2 Å². The van der Waals surface area contributed by atoms with E-state index in [1.165, 1.54) is 4.90 Å². The first-order chi connectivity index (χ1) is 11.4. The summed E-state index contributed by atoms with van der Waals surface area (Å²) in [4.78, 5) is 34.5. The average Bonchev–Trinajstić information content (AvgIpc) is 2.59. The van der Waals surface area contributed by atoms with E-state index in [9.17, 15) is 25.0 Å². The molecule has 0 heterocycles. The molecule has 8 heteroatoms. The zero-order valence-corrected chi connectivity index (χ0v) is 12.9. The van der Waals surface area contributed by atoms with Gasteiger partial charge in [0.2, 0.25) is 0 Å². The molecule has 0 bridgehead atoms. The van der Waals surface area contributed by atoms with Crippen molar-refractivity contribution in [2.24, 2.45) is 0 Å². The van der Waals surface area contributed by atoms with Gasteiger partial charge in [0, 0.05) is 25.2 Å². The van der Waals surface area contributed by atoms with Gasteiger partial charge < -0.3 is 4.90 Å². The quantitative estimate of drug-likeness (QED) is 0.597. The van der Waals surface area contributed by atoms with Crippen LogP contribution in [0.15, 0.2) is 48.5 Å². The van der Waals surface area contributed by atoms with E-state index in [4.69, 9.17) is 0 Å².